The maximum absolute atomic E-state index is 9.76. The Morgan fingerprint density at radius 3 is 2.77 bits per heavy atom. The van der Waals surface area contributed by atoms with Gasteiger partial charge in [-0.25, -0.2) is 4.98 Å². The van der Waals surface area contributed by atoms with Crippen LogP contribution in [0.15, 0.2) is 12.5 Å². The second-order valence-electron chi connectivity index (χ2n) is 3.73. The van der Waals surface area contributed by atoms with E-state index in [1.165, 1.54) is 0 Å². The largest absolute Gasteiger partial charge is 0.387 e. The molecule has 74 valence electrons. The summed E-state index contributed by atoms with van der Waals surface area (Å²) in [5.74, 6) is 0.553. The molecule has 0 aliphatic carbocycles. The Morgan fingerprint density at radius 1 is 1.62 bits per heavy atom. The highest BCUT2D eigenvalue weighted by molar-refractivity contribution is 5.00. The van der Waals surface area contributed by atoms with Gasteiger partial charge in [-0.2, -0.15) is 0 Å². The maximum atomic E-state index is 9.76. The summed E-state index contributed by atoms with van der Waals surface area (Å²) in [5, 5.41) is 9.76. The number of hydrogen-bond acceptors (Lipinski definition) is 2. The fraction of sp³-hybridized carbons (Fsp3) is 0.700. The van der Waals surface area contributed by atoms with Crippen molar-refractivity contribution in [2.45, 2.75) is 32.8 Å². The van der Waals surface area contributed by atoms with Crippen LogP contribution in [-0.2, 0) is 7.05 Å². The van der Waals surface area contributed by atoms with Crippen LogP contribution in [0.1, 0.15) is 38.5 Å². The Kier molecular flexibility index (Phi) is 3.48. The van der Waals surface area contributed by atoms with Crippen LogP contribution < -0.4 is 0 Å². The van der Waals surface area contributed by atoms with Gasteiger partial charge >= 0.3 is 0 Å². The number of rotatable bonds is 4. The summed E-state index contributed by atoms with van der Waals surface area (Å²) >= 11 is 0. The first-order valence-corrected chi connectivity index (χ1v) is 4.79. The van der Waals surface area contributed by atoms with Gasteiger partial charge in [-0.1, -0.05) is 20.3 Å². The fourth-order valence-corrected chi connectivity index (χ4v) is 1.27. The summed E-state index contributed by atoms with van der Waals surface area (Å²) in [6.07, 6.45) is 5.08. The molecule has 0 spiro atoms. The molecule has 0 bridgehead atoms. The Balaban J connectivity index is 2.53. The molecular formula is C10H18N2O. The van der Waals surface area contributed by atoms with Gasteiger partial charge in [0.1, 0.15) is 0 Å². The summed E-state index contributed by atoms with van der Waals surface area (Å²) in [4.78, 5) is 4.12. The van der Waals surface area contributed by atoms with Crippen LogP contribution in [0.4, 0.5) is 0 Å². The molecule has 0 fully saturated rings. The molecule has 0 aromatic carbocycles. The molecule has 3 nitrogen and oxygen atoms in total. The molecule has 1 aromatic rings. The Hall–Kier alpha value is -0.830. The van der Waals surface area contributed by atoms with Crippen molar-refractivity contribution in [3.05, 3.63) is 18.2 Å². The maximum Gasteiger partial charge on any atom is 0.0977 e. The first-order chi connectivity index (χ1) is 6.13. The second-order valence-corrected chi connectivity index (χ2v) is 3.73. The Labute approximate surface area is 79.4 Å². The molecule has 13 heavy (non-hydrogen) atoms. The number of imidazole rings is 1. The Bertz CT molecular complexity index is 257. The van der Waals surface area contributed by atoms with E-state index in [0.29, 0.717) is 5.92 Å². The first kappa shape index (κ1) is 10.3. The van der Waals surface area contributed by atoms with Gasteiger partial charge in [0.15, 0.2) is 0 Å². The summed E-state index contributed by atoms with van der Waals surface area (Å²) in [6.45, 7) is 4.28. The predicted molar refractivity (Wildman–Crippen MR) is 52.2 cm³/mol. The second kappa shape index (κ2) is 4.42. The van der Waals surface area contributed by atoms with Crippen LogP contribution in [0.5, 0.6) is 0 Å². The number of aromatic nitrogens is 2. The molecule has 2 unspecified atom stereocenters. The SMILES string of the molecule is CCC(C)CC(O)c1cn(C)cn1. The van der Waals surface area contributed by atoms with Crippen LogP contribution in [0.25, 0.3) is 0 Å². The lowest BCUT2D eigenvalue weighted by molar-refractivity contribution is 0.142. The highest BCUT2D eigenvalue weighted by Crippen LogP contribution is 2.20. The van der Waals surface area contributed by atoms with Crippen molar-refractivity contribution >= 4 is 0 Å². The molecule has 1 heterocycles. The number of aryl methyl sites for hydroxylation is 1. The summed E-state index contributed by atoms with van der Waals surface area (Å²) < 4.78 is 1.86. The average Bonchev–Trinajstić information content (AvgIpc) is 2.51. The monoisotopic (exact) mass is 182 g/mol. The van der Waals surface area contributed by atoms with Crippen molar-refractivity contribution in [3.63, 3.8) is 0 Å². The fourth-order valence-electron chi connectivity index (χ4n) is 1.27. The molecule has 0 amide bonds. The normalized spacial score (nSPS) is 15.7. The third-order valence-corrected chi connectivity index (χ3v) is 2.39. The van der Waals surface area contributed by atoms with Gasteiger partial charge < -0.3 is 9.67 Å². The molecular weight excluding hydrogens is 164 g/mol. The van der Waals surface area contributed by atoms with Gasteiger partial charge in [-0.3, -0.25) is 0 Å². The summed E-state index contributed by atoms with van der Waals surface area (Å²) in [5.41, 5.74) is 0.780. The number of aliphatic hydroxyl groups is 1. The lowest BCUT2D eigenvalue weighted by Crippen LogP contribution is -2.04. The molecule has 2 atom stereocenters. The van der Waals surface area contributed by atoms with E-state index in [0.717, 1.165) is 18.5 Å². The lowest BCUT2D eigenvalue weighted by atomic mass is 10.00. The summed E-state index contributed by atoms with van der Waals surface area (Å²) in [6, 6.07) is 0. The van der Waals surface area contributed by atoms with Crippen molar-refractivity contribution in [3.8, 4) is 0 Å². The Morgan fingerprint density at radius 2 is 2.31 bits per heavy atom. The van der Waals surface area contributed by atoms with Crippen LogP contribution in [0, 0.1) is 5.92 Å². The van der Waals surface area contributed by atoms with E-state index >= 15 is 0 Å². The standard InChI is InChI=1S/C10H18N2O/c1-4-8(2)5-10(13)9-6-12(3)7-11-9/h6-8,10,13H,4-5H2,1-3H3. The van der Waals surface area contributed by atoms with Crippen LogP contribution in [0.2, 0.25) is 0 Å². The molecule has 1 aromatic heterocycles. The van der Waals surface area contributed by atoms with Gasteiger partial charge in [0.05, 0.1) is 18.1 Å². The zero-order chi connectivity index (χ0) is 9.84. The third-order valence-electron chi connectivity index (χ3n) is 2.39. The van der Waals surface area contributed by atoms with Crippen LogP contribution >= 0.6 is 0 Å². The van der Waals surface area contributed by atoms with Crippen molar-refractivity contribution in [2.24, 2.45) is 13.0 Å². The smallest absolute Gasteiger partial charge is 0.0977 e. The van der Waals surface area contributed by atoms with E-state index in [4.69, 9.17) is 0 Å². The van der Waals surface area contributed by atoms with E-state index < -0.39 is 6.10 Å². The third kappa shape index (κ3) is 2.84. The van der Waals surface area contributed by atoms with Crippen molar-refractivity contribution in [2.75, 3.05) is 0 Å². The van der Waals surface area contributed by atoms with E-state index in [1.807, 2.05) is 17.8 Å². The molecule has 0 aliphatic rings. The summed E-state index contributed by atoms with van der Waals surface area (Å²) in [7, 11) is 1.91. The average molecular weight is 182 g/mol. The van der Waals surface area contributed by atoms with E-state index in [9.17, 15) is 5.11 Å². The van der Waals surface area contributed by atoms with Gasteiger partial charge in [0, 0.05) is 13.2 Å². The first-order valence-electron chi connectivity index (χ1n) is 4.79. The van der Waals surface area contributed by atoms with Crippen molar-refractivity contribution < 1.29 is 5.11 Å². The van der Waals surface area contributed by atoms with E-state index in [1.54, 1.807) is 6.33 Å². The predicted octanol–water partition coefficient (Wildman–Crippen LogP) is 1.89. The van der Waals surface area contributed by atoms with Gasteiger partial charge in [0.2, 0.25) is 0 Å². The van der Waals surface area contributed by atoms with E-state index in [-0.39, 0.29) is 0 Å². The number of aliphatic hydroxyl groups excluding tert-OH is 1. The zero-order valence-electron chi connectivity index (χ0n) is 8.57. The molecule has 0 saturated carbocycles. The van der Waals surface area contributed by atoms with Crippen LogP contribution in [0.3, 0.4) is 0 Å². The minimum absolute atomic E-state index is 0.406. The molecule has 1 N–H and O–H groups in total. The molecule has 0 aliphatic heterocycles. The zero-order valence-corrected chi connectivity index (χ0v) is 8.57. The topological polar surface area (TPSA) is 38.0 Å². The highest BCUT2D eigenvalue weighted by Gasteiger charge is 2.13. The minimum Gasteiger partial charge on any atom is -0.387 e. The van der Waals surface area contributed by atoms with Gasteiger partial charge in [-0.15, -0.1) is 0 Å². The van der Waals surface area contributed by atoms with Gasteiger partial charge in [-0.05, 0) is 12.3 Å². The number of hydrogen-bond donors (Lipinski definition) is 1. The highest BCUT2D eigenvalue weighted by atomic mass is 16.3. The number of nitrogens with zero attached hydrogens (tertiary/aromatic N) is 2. The minimum atomic E-state index is -0.406. The van der Waals surface area contributed by atoms with Crippen LogP contribution in [-0.4, -0.2) is 14.7 Å². The molecule has 3 heteroatoms. The molecule has 0 saturated heterocycles. The van der Waals surface area contributed by atoms with Gasteiger partial charge in [0.25, 0.3) is 0 Å². The van der Waals surface area contributed by atoms with Crippen molar-refractivity contribution in [1.29, 1.82) is 0 Å². The quantitative estimate of drug-likeness (QED) is 0.772. The lowest BCUT2D eigenvalue weighted by Gasteiger charge is -2.12. The molecule has 1 rings (SSSR count). The molecule has 0 radical (unpaired) electrons. The van der Waals surface area contributed by atoms with Crippen molar-refractivity contribution in [1.82, 2.24) is 9.55 Å². The van der Waals surface area contributed by atoms with E-state index in [2.05, 4.69) is 18.8 Å².